The fraction of sp³-hybridized carbons (Fsp3) is 0.364. The predicted octanol–water partition coefficient (Wildman–Crippen LogP) is 1.08. The van der Waals surface area contributed by atoms with E-state index >= 15 is 0 Å². The van der Waals surface area contributed by atoms with Crippen LogP contribution < -0.4 is 9.46 Å². The number of nitrogens with one attached hydrogen (secondary N) is 1. The minimum Gasteiger partial charge on any atom is -0.495 e. The lowest BCUT2D eigenvalue weighted by atomic mass is 10.2. The molecule has 1 aromatic carbocycles. The van der Waals surface area contributed by atoms with Gasteiger partial charge in [0, 0.05) is 6.54 Å². The highest BCUT2D eigenvalue weighted by Gasteiger charge is 2.20. The van der Waals surface area contributed by atoms with Crippen LogP contribution in [0.1, 0.15) is 23.7 Å². The number of carboxylic acids is 1. The van der Waals surface area contributed by atoms with E-state index in [9.17, 15) is 13.2 Å². The molecule has 7 heteroatoms. The number of carbonyl (C=O) groups is 1. The van der Waals surface area contributed by atoms with E-state index in [0.717, 1.165) is 6.07 Å². The van der Waals surface area contributed by atoms with Crippen molar-refractivity contribution >= 4 is 16.0 Å². The number of hydrogen-bond donors (Lipinski definition) is 2. The molecule has 0 atom stereocenters. The molecule has 0 spiro atoms. The summed E-state index contributed by atoms with van der Waals surface area (Å²) in [6, 6.07) is 3.70. The molecule has 0 fully saturated rings. The first kappa shape index (κ1) is 14.5. The number of ether oxygens (including phenoxy) is 1. The first-order chi connectivity index (χ1) is 8.42. The molecule has 1 rings (SSSR count). The zero-order valence-corrected chi connectivity index (χ0v) is 11.0. The Morgan fingerprint density at radius 2 is 2.11 bits per heavy atom. The molecule has 6 nitrogen and oxygen atoms in total. The smallest absolute Gasteiger partial charge is 0.335 e. The van der Waals surface area contributed by atoms with E-state index in [4.69, 9.17) is 9.84 Å². The van der Waals surface area contributed by atoms with Crippen LogP contribution in [0.15, 0.2) is 23.1 Å². The van der Waals surface area contributed by atoms with Gasteiger partial charge in [0.05, 0.1) is 12.7 Å². The Morgan fingerprint density at radius 1 is 1.44 bits per heavy atom. The zero-order chi connectivity index (χ0) is 13.8. The van der Waals surface area contributed by atoms with Crippen LogP contribution in [0.3, 0.4) is 0 Å². The van der Waals surface area contributed by atoms with Crippen LogP contribution >= 0.6 is 0 Å². The third-order valence-corrected chi connectivity index (χ3v) is 3.72. The standard InChI is InChI=1S/C11H15NO5S/c1-3-6-12-18(15,16)10-7-8(11(13)14)4-5-9(10)17-2/h4-5,7,12H,3,6H2,1-2H3,(H,13,14). The minimum atomic E-state index is -3.76. The number of aromatic carboxylic acids is 1. The normalized spacial score (nSPS) is 11.2. The summed E-state index contributed by atoms with van der Waals surface area (Å²) in [5, 5.41) is 8.86. The van der Waals surface area contributed by atoms with Gasteiger partial charge in [0.1, 0.15) is 10.6 Å². The summed E-state index contributed by atoms with van der Waals surface area (Å²) >= 11 is 0. The Balaban J connectivity index is 3.27. The van der Waals surface area contributed by atoms with Crippen LogP contribution in [-0.4, -0.2) is 33.1 Å². The van der Waals surface area contributed by atoms with Crippen molar-refractivity contribution in [3.8, 4) is 5.75 Å². The van der Waals surface area contributed by atoms with Gasteiger partial charge in [-0.25, -0.2) is 17.9 Å². The fourth-order valence-corrected chi connectivity index (χ4v) is 2.66. The van der Waals surface area contributed by atoms with Gasteiger partial charge in [0.25, 0.3) is 0 Å². The van der Waals surface area contributed by atoms with E-state index < -0.39 is 16.0 Å². The minimum absolute atomic E-state index is 0.104. The SMILES string of the molecule is CCCNS(=O)(=O)c1cc(C(=O)O)ccc1OC. The molecule has 2 N–H and O–H groups in total. The van der Waals surface area contributed by atoms with E-state index in [1.54, 1.807) is 0 Å². The van der Waals surface area contributed by atoms with E-state index in [0.29, 0.717) is 6.42 Å². The highest BCUT2D eigenvalue weighted by molar-refractivity contribution is 7.89. The molecule has 0 amide bonds. The third-order valence-electron chi connectivity index (χ3n) is 2.24. The van der Waals surface area contributed by atoms with Crippen molar-refractivity contribution < 1.29 is 23.1 Å². The van der Waals surface area contributed by atoms with E-state index in [1.165, 1.54) is 19.2 Å². The van der Waals surface area contributed by atoms with Crippen LogP contribution in [0.25, 0.3) is 0 Å². The van der Waals surface area contributed by atoms with Crippen LogP contribution in [0.2, 0.25) is 0 Å². The lowest BCUT2D eigenvalue weighted by molar-refractivity contribution is 0.0696. The molecular formula is C11H15NO5S. The molecule has 0 aliphatic rings. The number of rotatable bonds is 6. The lowest BCUT2D eigenvalue weighted by Crippen LogP contribution is -2.25. The molecule has 0 bridgehead atoms. The Morgan fingerprint density at radius 3 is 2.61 bits per heavy atom. The first-order valence-electron chi connectivity index (χ1n) is 5.33. The highest BCUT2D eigenvalue weighted by Crippen LogP contribution is 2.24. The summed E-state index contributed by atoms with van der Waals surface area (Å²) in [6.45, 7) is 2.11. The second-order valence-corrected chi connectivity index (χ2v) is 5.30. The van der Waals surface area contributed by atoms with Crippen molar-refractivity contribution in [2.24, 2.45) is 0 Å². The second kappa shape index (κ2) is 5.83. The molecule has 18 heavy (non-hydrogen) atoms. The second-order valence-electron chi connectivity index (χ2n) is 3.57. The van der Waals surface area contributed by atoms with Crippen molar-refractivity contribution in [3.63, 3.8) is 0 Å². The molecule has 100 valence electrons. The monoisotopic (exact) mass is 273 g/mol. The molecule has 0 heterocycles. The molecule has 0 radical (unpaired) electrons. The van der Waals surface area contributed by atoms with Crippen LogP contribution in [0.4, 0.5) is 0 Å². The highest BCUT2D eigenvalue weighted by atomic mass is 32.2. The van der Waals surface area contributed by atoms with Gasteiger partial charge in [-0.1, -0.05) is 6.92 Å². The number of benzene rings is 1. The van der Waals surface area contributed by atoms with Crippen LogP contribution in [-0.2, 0) is 10.0 Å². The lowest BCUT2D eigenvalue weighted by Gasteiger charge is -2.10. The van der Waals surface area contributed by atoms with Gasteiger partial charge in [-0.15, -0.1) is 0 Å². The average Bonchev–Trinajstić information content (AvgIpc) is 2.35. The largest absolute Gasteiger partial charge is 0.495 e. The Kier molecular flexibility index (Phi) is 4.69. The summed E-state index contributed by atoms with van der Waals surface area (Å²) in [5.74, 6) is -1.08. The number of hydrogen-bond acceptors (Lipinski definition) is 4. The average molecular weight is 273 g/mol. The number of methoxy groups -OCH3 is 1. The summed E-state index contributed by atoms with van der Waals surface area (Å²) in [5.41, 5.74) is -0.104. The molecule has 1 aromatic rings. The van der Waals surface area contributed by atoms with Gasteiger partial charge in [-0.2, -0.15) is 0 Å². The third kappa shape index (κ3) is 3.21. The van der Waals surface area contributed by atoms with Gasteiger partial charge in [0.15, 0.2) is 0 Å². The van der Waals surface area contributed by atoms with Gasteiger partial charge in [-0.05, 0) is 24.6 Å². The first-order valence-corrected chi connectivity index (χ1v) is 6.81. The maximum Gasteiger partial charge on any atom is 0.335 e. The maximum absolute atomic E-state index is 12.0. The molecule has 0 saturated heterocycles. The van der Waals surface area contributed by atoms with Gasteiger partial charge >= 0.3 is 5.97 Å². The topological polar surface area (TPSA) is 92.7 Å². The summed E-state index contributed by atoms with van der Waals surface area (Å²) in [7, 11) is -2.43. The van der Waals surface area contributed by atoms with Crippen LogP contribution in [0.5, 0.6) is 5.75 Å². The van der Waals surface area contributed by atoms with E-state index in [1.807, 2.05) is 6.92 Å². The quantitative estimate of drug-likeness (QED) is 0.809. The van der Waals surface area contributed by atoms with Gasteiger partial charge in [-0.3, -0.25) is 0 Å². The molecular weight excluding hydrogens is 258 g/mol. The van der Waals surface area contributed by atoms with E-state index in [-0.39, 0.29) is 22.8 Å². The summed E-state index contributed by atoms with van der Waals surface area (Å²) < 4.78 is 31.2. The van der Waals surface area contributed by atoms with Crippen molar-refractivity contribution in [1.29, 1.82) is 0 Å². The maximum atomic E-state index is 12.0. The Hall–Kier alpha value is -1.60. The molecule has 0 aromatic heterocycles. The summed E-state index contributed by atoms with van der Waals surface area (Å²) in [6.07, 6.45) is 0.639. The molecule has 0 aliphatic heterocycles. The molecule has 0 aliphatic carbocycles. The molecule has 0 unspecified atom stereocenters. The van der Waals surface area contributed by atoms with Crippen molar-refractivity contribution in [1.82, 2.24) is 4.72 Å². The van der Waals surface area contributed by atoms with Crippen molar-refractivity contribution in [2.75, 3.05) is 13.7 Å². The predicted molar refractivity (Wildman–Crippen MR) is 65.4 cm³/mol. The number of carboxylic acid groups (broad SMARTS) is 1. The zero-order valence-electron chi connectivity index (χ0n) is 10.1. The van der Waals surface area contributed by atoms with Crippen LogP contribution in [0, 0.1) is 0 Å². The van der Waals surface area contributed by atoms with Crippen molar-refractivity contribution in [3.05, 3.63) is 23.8 Å². The molecule has 0 saturated carbocycles. The Labute approximate surface area is 106 Å². The van der Waals surface area contributed by atoms with E-state index in [2.05, 4.69) is 4.72 Å². The fourth-order valence-electron chi connectivity index (χ4n) is 1.33. The van der Waals surface area contributed by atoms with Gasteiger partial charge in [0.2, 0.25) is 10.0 Å². The van der Waals surface area contributed by atoms with Crippen molar-refractivity contribution in [2.45, 2.75) is 18.2 Å². The Bertz CT molecular complexity index is 538. The summed E-state index contributed by atoms with van der Waals surface area (Å²) in [4.78, 5) is 10.7. The number of sulfonamides is 1. The van der Waals surface area contributed by atoms with Gasteiger partial charge < -0.3 is 9.84 Å².